The molecular formula is C27H25F2NO4S. The monoisotopic (exact) mass is 497 g/mol. The van der Waals surface area contributed by atoms with Crippen LogP contribution in [0.3, 0.4) is 0 Å². The third-order valence-corrected chi connectivity index (χ3v) is 7.94. The number of fused-ring (bicyclic) bond motifs is 1. The predicted molar refractivity (Wildman–Crippen MR) is 129 cm³/mol. The number of nitrogens with zero attached hydrogens (tertiary/aromatic N) is 1. The third kappa shape index (κ3) is 4.48. The van der Waals surface area contributed by atoms with Crippen molar-refractivity contribution in [1.29, 1.82) is 0 Å². The van der Waals surface area contributed by atoms with Crippen LogP contribution < -0.4 is 9.47 Å². The standard InChI is InChI=1S/C27H25F2NO4S/c1-17-4-5-18(14-22(17)19-6-9-21(10-7-19)35(32)30(2)3)15-25(31)26(12-13-26)20-8-11-23-24(16-20)34-27(28,29)33-23/h4-11,14,16H,12-13,15H2,1-3H3. The molecule has 0 bridgehead atoms. The van der Waals surface area contributed by atoms with Gasteiger partial charge in [0.1, 0.15) is 16.8 Å². The highest BCUT2D eigenvalue weighted by atomic mass is 32.2. The average molecular weight is 498 g/mol. The van der Waals surface area contributed by atoms with Crippen LogP contribution in [0.5, 0.6) is 11.5 Å². The topological polar surface area (TPSA) is 55.8 Å². The molecule has 0 aromatic heterocycles. The Balaban J connectivity index is 1.37. The van der Waals surface area contributed by atoms with Crippen molar-refractivity contribution >= 4 is 16.8 Å². The second-order valence-corrected chi connectivity index (χ2v) is 10.9. The van der Waals surface area contributed by atoms with Crippen LogP contribution in [-0.2, 0) is 27.6 Å². The second-order valence-electron chi connectivity index (χ2n) is 9.25. The minimum absolute atomic E-state index is 0.0226. The molecule has 1 saturated carbocycles. The van der Waals surface area contributed by atoms with E-state index in [2.05, 4.69) is 9.47 Å². The van der Waals surface area contributed by atoms with E-state index in [1.165, 1.54) is 12.1 Å². The summed E-state index contributed by atoms with van der Waals surface area (Å²) in [5.41, 5.74) is 3.94. The van der Waals surface area contributed by atoms with Gasteiger partial charge in [-0.2, -0.15) is 0 Å². The molecule has 1 aliphatic carbocycles. The zero-order chi connectivity index (χ0) is 25.0. The highest BCUT2D eigenvalue weighted by Gasteiger charge is 2.52. The lowest BCUT2D eigenvalue weighted by atomic mass is 9.87. The van der Waals surface area contributed by atoms with E-state index in [9.17, 15) is 17.8 Å². The molecule has 0 radical (unpaired) electrons. The van der Waals surface area contributed by atoms with E-state index in [-0.39, 0.29) is 23.7 Å². The summed E-state index contributed by atoms with van der Waals surface area (Å²) in [7, 11) is 2.32. The first-order valence-corrected chi connectivity index (χ1v) is 12.4. The normalized spacial score (nSPS) is 17.9. The Morgan fingerprint density at radius 2 is 1.66 bits per heavy atom. The quantitative estimate of drug-likeness (QED) is 0.438. The molecule has 0 spiro atoms. The van der Waals surface area contributed by atoms with E-state index < -0.39 is 22.7 Å². The predicted octanol–water partition coefficient (Wildman–Crippen LogP) is 5.41. The molecule has 0 saturated heterocycles. The van der Waals surface area contributed by atoms with Crippen molar-refractivity contribution in [3.8, 4) is 22.6 Å². The first kappa shape index (κ1) is 23.6. The van der Waals surface area contributed by atoms with Crippen LogP contribution in [0.15, 0.2) is 65.6 Å². The van der Waals surface area contributed by atoms with Gasteiger partial charge in [-0.25, -0.2) is 8.51 Å². The maximum atomic E-state index is 13.4. The molecule has 3 aromatic carbocycles. The van der Waals surface area contributed by atoms with Crippen LogP contribution in [0.4, 0.5) is 8.78 Å². The summed E-state index contributed by atoms with van der Waals surface area (Å²) in [6, 6.07) is 18.2. The van der Waals surface area contributed by atoms with E-state index in [1.54, 1.807) is 24.5 Å². The Hall–Kier alpha value is -3.10. The van der Waals surface area contributed by atoms with E-state index in [0.717, 1.165) is 27.1 Å². The van der Waals surface area contributed by atoms with E-state index in [1.807, 2.05) is 49.4 Å². The van der Waals surface area contributed by atoms with Gasteiger partial charge in [0.15, 0.2) is 11.5 Å². The lowest BCUT2D eigenvalue weighted by Gasteiger charge is -2.16. The molecule has 1 heterocycles. The molecule has 5 nitrogen and oxygen atoms in total. The Labute approximate surface area is 205 Å². The second kappa shape index (κ2) is 8.53. The Morgan fingerprint density at radius 3 is 2.31 bits per heavy atom. The highest BCUT2D eigenvalue weighted by Crippen LogP contribution is 2.52. The molecule has 35 heavy (non-hydrogen) atoms. The Bertz CT molecular complexity index is 1330. The number of ether oxygens (including phenoxy) is 2. The third-order valence-electron chi connectivity index (χ3n) is 6.60. The van der Waals surface area contributed by atoms with Crippen molar-refractivity contribution in [3.63, 3.8) is 0 Å². The molecule has 1 atom stereocenters. The van der Waals surface area contributed by atoms with Gasteiger partial charge in [0.05, 0.1) is 10.3 Å². The number of alkyl halides is 2. The fourth-order valence-electron chi connectivity index (χ4n) is 4.51. The van der Waals surface area contributed by atoms with Gasteiger partial charge in [0.2, 0.25) is 0 Å². The first-order valence-electron chi connectivity index (χ1n) is 11.3. The molecule has 0 amide bonds. The highest BCUT2D eigenvalue weighted by molar-refractivity contribution is 7.82. The molecule has 1 unspecified atom stereocenters. The zero-order valence-electron chi connectivity index (χ0n) is 19.6. The zero-order valence-corrected chi connectivity index (χ0v) is 20.5. The molecular weight excluding hydrogens is 472 g/mol. The Kier molecular flexibility index (Phi) is 5.76. The van der Waals surface area contributed by atoms with Gasteiger partial charge in [-0.05, 0) is 85.9 Å². The molecule has 0 N–H and O–H groups in total. The summed E-state index contributed by atoms with van der Waals surface area (Å²) in [5.74, 6) is -0.0110. The summed E-state index contributed by atoms with van der Waals surface area (Å²) in [5, 5.41) is 0. The summed E-state index contributed by atoms with van der Waals surface area (Å²) < 4.78 is 49.8. The van der Waals surface area contributed by atoms with Gasteiger partial charge in [-0.3, -0.25) is 4.79 Å². The van der Waals surface area contributed by atoms with Gasteiger partial charge in [-0.1, -0.05) is 36.4 Å². The van der Waals surface area contributed by atoms with Crippen LogP contribution in [-0.4, -0.2) is 34.7 Å². The lowest BCUT2D eigenvalue weighted by Crippen LogP contribution is -2.26. The number of aryl methyl sites for hydroxylation is 1. The minimum atomic E-state index is -3.68. The molecule has 1 aliphatic heterocycles. The number of carbonyl (C=O) groups is 1. The van der Waals surface area contributed by atoms with Crippen molar-refractivity contribution in [2.75, 3.05) is 14.1 Å². The maximum absolute atomic E-state index is 13.4. The number of ketones is 1. The van der Waals surface area contributed by atoms with Crippen LogP contribution >= 0.6 is 0 Å². The number of halogens is 2. The van der Waals surface area contributed by atoms with E-state index >= 15 is 0 Å². The van der Waals surface area contributed by atoms with Gasteiger partial charge in [0.25, 0.3) is 0 Å². The van der Waals surface area contributed by atoms with Crippen LogP contribution in [0.1, 0.15) is 29.5 Å². The van der Waals surface area contributed by atoms with Crippen LogP contribution in [0.25, 0.3) is 11.1 Å². The van der Waals surface area contributed by atoms with E-state index in [4.69, 9.17) is 0 Å². The van der Waals surface area contributed by atoms with Crippen molar-refractivity contribution in [2.45, 2.75) is 42.8 Å². The summed E-state index contributed by atoms with van der Waals surface area (Å²) >= 11 is 0. The summed E-state index contributed by atoms with van der Waals surface area (Å²) in [6.07, 6.45) is -2.10. The van der Waals surface area contributed by atoms with Gasteiger partial charge < -0.3 is 9.47 Å². The van der Waals surface area contributed by atoms with Crippen molar-refractivity contribution in [1.82, 2.24) is 4.31 Å². The van der Waals surface area contributed by atoms with Gasteiger partial charge >= 0.3 is 6.29 Å². The molecule has 2 aliphatic rings. The number of hydrogen-bond acceptors (Lipinski definition) is 4. The largest absolute Gasteiger partial charge is 0.586 e. The first-order chi connectivity index (χ1) is 16.6. The Morgan fingerprint density at radius 1 is 0.971 bits per heavy atom. The number of Topliss-reactive ketones (excluding diaryl/α,β-unsaturated/α-hetero) is 1. The summed E-state index contributed by atoms with van der Waals surface area (Å²) in [4.78, 5) is 14.1. The fourth-order valence-corrected chi connectivity index (χ4v) is 5.30. The molecule has 8 heteroatoms. The van der Waals surface area contributed by atoms with Crippen molar-refractivity contribution in [2.24, 2.45) is 0 Å². The SMILES string of the molecule is Cc1ccc(CC(=O)C2(c3ccc4c(c3)OC(F)(F)O4)CC2)cc1-c1ccc(S(=O)N(C)C)cc1. The lowest BCUT2D eigenvalue weighted by molar-refractivity contribution is -0.286. The maximum Gasteiger partial charge on any atom is 0.586 e. The smallest absolute Gasteiger partial charge is 0.395 e. The van der Waals surface area contributed by atoms with Crippen molar-refractivity contribution in [3.05, 3.63) is 77.4 Å². The number of rotatable bonds is 7. The fraction of sp³-hybridized carbons (Fsp3) is 0.296. The van der Waals surface area contributed by atoms with E-state index in [0.29, 0.717) is 18.4 Å². The molecule has 1 fully saturated rings. The number of hydrogen-bond donors (Lipinski definition) is 0. The van der Waals surface area contributed by atoms with Crippen LogP contribution in [0, 0.1) is 6.92 Å². The summed E-state index contributed by atoms with van der Waals surface area (Å²) in [6.45, 7) is 2.01. The molecule has 182 valence electrons. The van der Waals surface area contributed by atoms with Gasteiger partial charge in [-0.15, -0.1) is 8.78 Å². The molecule has 5 rings (SSSR count). The van der Waals surface area contributed by atoms with Gasteiger partial charge in [0, 0.05) is 6.42 Å². The van der Waals surface area contributed by atoms with Crippen molar-refractivity contribution < 1.29 is 27.3 Å². The van der Waals surface area contributed by atoms with Crippen LogP contribution in [0.2, 0.25) is 0 Å². The average Bonchev–Trinajstić information content (AvgIpc) is 3.57. The number of carbonyl (C=O) groups excluding carboxylic acids is 1. The minimum Gasteiger partial charge on any atom is -0.395 e. The number of benzene rings is 3. The molecule has 3 aromatic rings.